The molecule has 1 aliphatic rings. The number of aliphatic carboxylic acids is 1. The van der Waals surface area contributed by atoms with Crippen LogP contribution in [-0.4, -0.2) is 61.6 Å². The van der Waals surface area contributed by atoms with Gasteiger partial charge in [-0.3, -0.25) is 4.79 Å². The van der Waals surface area contributed by atoms with Crippen LogP contribution in [0, 0.1) is 6.92 Å². The fourth-order valence-corrected chi connectivity index (χ4v) is 2.06. The molecular weight excluding hydrogens is 346 g/mol. The summed E-state index contributed by atoms with van der Waals surface area (Å²) in [6.45, 7) is 8.03. The van der Waals surface area contributed by atoms with E-state index < -0.39 is 5.97 Å². The molecule has 6 N–H and O–H groups in total. The van der Waals surface area contributed by atoms with Crippen LogP contribution in [0.1, 0.15) is 38.2 Å². The van der Waals surface area contributed by atoms with Crippen molar-refractivity contribution in [3.05, 3.63) is 29.8 Å². The lowest BCUT2D eigenvalue weighted by Gasteiger charge is -2.06. The molecule has 1 fully saturated rings. The summed E-state index contributed by atoms with van der Waals surface area (Å²) in [6, 6.07) is 7.86. The molecule has 27 heavy (non-hydrogen) atoms. The Kier molecular flexibility index (Phi) is 16.6. The standard InChI is InChI=1S/C12H17NO3.C4H9NO.C4H11N/c1-10-3-5-11(6-4-10)16-8-2-7-13-9-12(14)15;6-4-1-2-5-3-4;1-2-3-4-5/h3-6,13H,2,7-9H2,1H3,(H,14,15);4-6H,1-3H2;2-5H2,1H3/t;4-;/m.1./s1. The number of hydrogen-bond donors (Lipinski definition) is 5. The molecular formula is C20H37N3O4. The minimum atomic E-state index is -0.834. The van der Waals surface area contributed by atoms with Crippen LogP contribution in [0.5, 0.6) is 5.75 Å². The summed E-state index contributed by atoms with van der Waals surface area (Å²) < 4.78 is 5.48. The first kappa shape index (κ1) is 25.3. The number of aryl methyl sites for hydroxylation is 1. The number of rotatable bonds is 9. The number of aliphatic hydroxyl groups excluding tert-OH is 1. The van der Waals surface area contributed by atoms with Crippen LogP contribution >= 0.6 is 0 Å². The summed E-state index contributed by atoms with van der Waals surface area (Å²) >= 11 is 0. The molecule has 1 atom stereocenters. The summed E-state index contributed by atoms with van der Waals surface area (Å²) in [7, 11) is 0. The van der Waals surface area contributed by atoms with Gasteiger partial charge in [-0.2, -0.15) is 0 Å². The van der Waals surface area contributed by atoms with E-state index in [9.17, 15) is 4.79 Å². The first-order valence-electron chi connectivity index (χ1n) is 9.70. The molecule has 0 aromatic heterocycles. The molecule has 0 amide bonds. The van der Waals surface area contributed by atoms with E-state index in [1.807, 2.05) is 31.2 Å². The number of carboxylic acids is 1. The number of nitrogens with two attached hydrogens (primary N) is 1. The number of nitrogens with one attached hydrogen (secondary N) is 2. The van der Waals surface area contributed by atoms with Gasteiger partial charge in [0.2, 0.25) is 0 Å². The van der Waals surface area contributed by atoms with Crippen molar-refractivity contribution in [2.75, 3.05) is 39.3 Å². The van der Waals surface area contributed by atoms with Crippen LogP contribution in [0.4, 0.5) is 0 Å². The van der Waals surface area contributed by atoms with Gasteiger partial charge in [-0.1, -0.05) is 31.0 Å². The third-order valence-corrected chi connectivity index (χ3v) is 3.66. The zero-order chi connectivity index (χ0) is 20.3. The van der Waals surface area contributed by atoms with Crippen molar-refractivity contribution in [2.45, 2.75) is 45.6 Å². The molecule has 1 saturated heterocycles. The molecule has 0 unspecified atom stereocenters. The van der Waals surface area contributed by atoms with Gasteiger partial charge < -0.3 is 31.3 Å². The van der Waals surface area contributed by atoms with Gasteiger partial charge in [0.15, 0.2) is 0 Å². The number of carboxylic acid groups (broad SMARTS) is 1. The van der Waals surface area contributed by atoms with E-state index in [2.05, 4.69) is 17.6 Å². The molecule has 2 rings (SSSR count). The highest BCUT2D eigenvalue weighted by atomic mass is 16.5. The van der Waals surface area contributed by atoms with Gasteiger partial charge in [-0.25, -0.2) is 0 Å². The predicted molar refractivity (Wildman–Crippen MR) is 109 cm³/mol. The lowest BCUT2D eigenvalue weighted by molar-refractivity contribution is -0.135. The minimum Gasteiger partial charge on any atom is -0.494 e. The number of β-amino-alcohol motifs (C(OH)–C–C–N with tert-alkyl or cyclic N) is 1. The Bertz CT molecular complexity index is 461. The predicted octanol–water partition coefficient (Wildman–Crippen LogP) is 1.52. The lowest BCUT2D eigenvalue weighted by atomic mass is 10.2. The molecule has 1 aliphatic heterocycles. The molecule has 0 bridgehead atoms. The van der Waals surface area contributed by atoms with Crippen LogP contribution in [0.3, 0.4) is 0 Å². The topological polar surface area (TPSA) is 117 Å². The maximum Gasteiger partial charge on any atom is 0.317 e. The smallest absolute Gasteiger partial charge is 0.317 e. The molecule has 0 saturated carbocycles. The molecule has 1 heterocycles. The number of ether oxygens (including phenoxy) is 1. The lowest BCUT2D eigenvalue weighted by Crippen LogP contribution is -2.24. The third kappa shape index (κ3) is 17.5. The van der Waals surface area contributed by atoms with E-state index in [-0.39, 0.29) is 12.6 Å². The van der Waals surface area contributed by atoms with Crippen molar-refractivity contribution in [3.63, 3.8) is 0 Å². The Labute approximate surface area is 163 Å². The molecule has 0 aliphatic carbocycles. The summed E-state index contributed by atoms with van der Waals surface area (Å²) in [6.07, 6.45) is 4.04. The van der Waals surface area contributed by atoms with Gasteiger partial charge in [-0.05, 0) is 58.0 Å². The quantitative estimate of drug-likeness (QED) is 0.411. The molecule has 0 spiro atoms. The van der Waals surface area contributed by atoms with Crippen molar-refractivity contribution in [2.24, 2.45) is 5.73 Å². The number of hydrogen-bond acceptors (Lipinski definition) is 6. The number of carbonyl (C=O) groups is 1. The zero-order valence-corrected chi connectivity index (χ0v) is 16.7. The van der Waals surface area contributed by atoms with Gasteiger partial charge in [-0.15, -0.1) is 0 Å². The van der Waals surface area contributed by atoms with E-state index in [0.717, 1.165) is 38.2 Å². The van der Waals surface area contributed by atoms with E-state index in [1.54, 1.807) is 0 Å². The van der Waals surface area contributed by atoms with Crippen molar-refractivity contribution < 1.29 is 19.7 Å². The first-order valence-corrected chi connectivity index (χ1v) is 9.70. The molecule has 0 radical (unpaired) electrons. The van der Waals surface area contributed by atoms with E-state index in [0.29, 0.717) is 13.2 Å². The molecule has 7 heteroatoms. The number of unbranched alkanes of at least 4 members (excludes halogenated alkanes) is 1. The molecule has 1 aromatic carbocycles. The first-order chi connectivity index (χ1) is 13.0. The monoisotopic (exact) mass is 383 g/mol. The van der Waals surface area contributed by atoms with Crippen molar-refractivity contribution in [1.29, 1.82) is 0 Å². The summed E-state index contributed by atoms with van der Waals surface area (Å²) in [5.74, 6) is 0.0169. The maximum atomic E-state index is 10.2. The second kappa shape index (κ2) is 17.7. The van der Waals surface area contributed by atoms with Crippen molar-refractivity contribution in [1.82, 2.24) is 10.6 Å². The molecule has 7 nitrogen and oxygen atoms in total. The normalized spacial score (nSPS) is 15.2. The Morgan fingerprint density at radius 1 is 1.33 bits per heavy atom. The minimum absolute atomic E-state index is 0.00450. The van der Waals surface area contributed by atoms with Gasteiger partial charge in [0, 0.05) is 6.54 Å². The number of aliphatic hydroxyl groups is 1. The van der Waals surface area contributed by atoms with Crippen LogP contribution < -0.4 is 21.1 Å². The Morgan fingerprint density at radius 2 is 2.04 bits per heavy atom. The summed E-state index contributed by atoms with van der Waals surface area (Å²) in [5, 5.41) is 22.9. The van der Waals surface area contributed by atoms with E-state index >= 15 is 0 Å². The van der Waals surface area contributed by atoms with Gasteiger partial charge in [0.25, 0.3) is 0 Å². The van der Waals surface area contributed by atoms with E-state index in [1.165, 1.54) is 18.4 Å². The largest absolute Gasteiger partial charge is 0.494 e. The third-order valence-electron chi connectivity index (χ3n) is 3.66. The highest BCUT2D eigenvalue weighted by molar-refractivity contribution is 5.68. The van der Waals surface area contributed by atoms with Gasteiger partial charge in [0.1, 0.15) is 5.75 Å². The van der Waals surface area contributed by atoms with E-state index in [4.69, 9.17) is 20.7 Å². The maximum absolute atomic E-state index is 10.2. The molecule has 156 valence electrons. The number of benzene rings is 1. The second-order valence-electron chi connectivity index (χ2n) is 6.37. The van der Waals surface area contributed by atoms with Crippen LogP contribution in [0.2, 0.25) is 0 Å². The molecule has 1 aromatic rings. The van der Waals surface area contributed by atoms with Crippen molar-refractivity contribution >= 4 is 5.97 Å². The summed E-state index contributed by atoms with van der Waals surface area (Å²) in [5.41, 5.74) is 6.34. The van der Waals surface area contributed by atoms with Gasteiger partial charge >= 0.3 is 5.97 Å². The average Bonchev–Trinajstić information content (AvgIpc) is 3.12. The second-order valence-corrected chi connectivity index (χ2v) is 6.37. The average molecular weight is 384 g/mol. The Balaban J connectivity index is 0.000000500. The van der Waals surface area contributed by atoms with Crippen LogP contribution in [-0.2, 0) is 4.79 Å². The Morgan fingerprint density at radius 3 is 2.44 bits per heavy atom. The summed E-state index contributed by atoms with van der Waals surface area (Å²) in [4.78, 5) is 10.2. The van der Waals surface area contributed by atoms with Gasteiger partial charge in [0.05, 0.1) is 19.3 Å². The zero-order valence-electron chi connectivity index (χ0n) is 16.7. The van der Waals surface area contributed by atoms with Crippen LogP contribution in [0.25, 0.3) is 0 Å². The van der Waals surface area contributed by atoms with Crippen LogP contribution in [0.15, 0.2) is 24.3 Å². The fourth-order valence-electron chi connectivity index (χ4n) is 2.06. The SMILES string of the molecule is CCCCN.Cc1ccc(OCCCNCC(=O)O)cc1.O[C@@H]1CCNC1. The highest BCUT2D eigenvalue weighted by Gasteiger charge is 2.08. The Hall–Kier alpha value is -1.67. The van der Waals surface area contributed by atoms with Crippen molar-refractivity contribution in [3.8, 4) is 5.75 Å². The fraction of sp³-hybridized carbons (Fsp3) is 0.650. The highest BCUT2D eigenvalue weighted by Crippen LogP contribution is 2.11.